The van der Waals surface area contributed by atoms with E-state index in [0.717, 1.165) is 31.2 Å². The van der Waals surface area contributed by atoms with Crippen LogP contribution in [0.1, 0.15) is 38.2 Å². The number of nitrogens with two attached hydrogens (primary N) is 1. The van der Waals surface area contributed by atoms with Crippen LogP contribution in [-0.4, -0.2) is 63.8 Å². The fourth-order valence-electron chi connectivity index (χ4n) is 4.83. The smallest absolute Gasteiger partial charge is 0.314 e. The number of benzene rings is 1. The van der Waals surface area contributed by atoms with Gasteiger partial charge in [-0.15, -0.1) is 0 Å². The summed E-state index contributed by atoms with van der Waals surface area (Å²) >= 11 is 5.97. The van der Waals surface area contributed by atoms with Crippen LogP contribution in [0.25, 0.3) is 0 Å². The van der Waals surface area contributed by atoms with Crippen LogP contribution in [0.2, 0.25) is 5.02 Å². The number of hydrogen-bond acceptors (Lipinski definition) is 3. The van der Waals surface area contributed by atoms with Crippen LogP contribution in [0, 0.1) is 5.92 Å². The SMILES string of the molecule is CC1CCC(N2CC(=O)N(Cc3ccc(Cl)cc3)C3(CN(C(N)=O)C3)C2=O)CC1. The van der Waals surface area contributed by atoms with Gasteiger partial charge in [0.15, 0.2) is 5.54 Å². The molecule has 1 aliphatic carbocycles. The van der Waals surface area contributed by atoms with Crippen molar-refractivity contribution in [2.75, 3.05) is 19.6 Å². The second-order valence-corrected chi connectivity index (χ2v) is 9.12. The number of hydrogen-bond donors (Lipinski definition) is 1. The lowest BCUT2D eigenvalue weighted by Crippen LogP contribution is -2.82. The first kappa shape index (κ1) is 20.0. The summed E-state index contributed by atoms with van der Waals surface area (Å²) in [5, 5.41) is 0.616. The summed E-state index contributed by atoms with van der Waals surface area (Å²) in [6.07, 6.45) is 3.98. The maximum absolute atomic E-state index is 13.6. The van der Waals surface area contributed by atoms with E-state index in [1.54, 1.807) is 21.9 Å². The molecule has 4 rings (SSSR count). The fraction of sp³-hybridized carbons (Fsp3) is 0.571. The molecular formula is C21H27ClN4O3. The Kier molecular flexibility index (Phi) is 5.19. The van der Waals surface area contributed by atoms with E-state index in [1.807, 2.05) is 12.1 Å². The lowest BCUT2D eigenvalue weighted by atomic mass is 9.80. The van der Waals surface area contributed by atoms with Crippen LogP contribution in [0.5, 0.6) is 0 Å². The number of primary amides is 1. The Morgan fingerprint density at radius 1 is 1.14 bits per heavy atom. The van der Waals surface area contributed by atoms with Gasteiger partial charge in [-0.25, -0.2) is 4.79 Å². The first-order chi connectivity index (χ1) is 13.8. The maximum Gasteiger partial charge on any atom is 0.314 e. The van der Waals surface area contributed by atoms with Crippen LogP contribution < -0.4 is 5.73 Å². The maximum atomic E-state index is 13.6. The highest BCUT2D eigenvalue weighted by Crippen LogP contribution is 2.38. The zero-order chi connectivity index (χ0) is 20.8. The Bertz CT molecular complexity index is 814. The summed E-state index contributed by atoms with van der Waals surface area (Å²) in [7, 11) is 0. The van der Waals surface area contributed by atoms with Gasteiger partial charge >= 0.3 is 6.03 Å². The van der Waals surface area contributed by atoms with Gasteiger partial charge in [0.2, 0.25) is 5.91 Å². The summed E-state index contributed by atoms with van der Waals surface area (Å²) in [6, 6.07) is 6.78. The van der Waals surface area contributed by atoms with Gasteiger partial charge in [0.05, 0.1) is 13.1 Å². The molecule has 0 atom stereocenters. The Morgan fingerprint density at radius 3 is 2.34 bits per heavy atom. The predicted octanol–water partition coefficient (Wildman–Crippen LogP) is 2.22. The third-order valence-corrected chi connectivity index (χ3v) is 6.93. The number of likely N-dealkylation sites (tertiary alicyclic amines) is 1. The zero-order valence-corrected chi connectivity index (χ0v) is 17.4. The summed E-state index contributed by atoms with van der Waals surface area (Å²) in [4.78, 5) is 43.2. The molecule has 0 bridgehead atoms. The highest BCUT2D eigenvalue weighted by molar-refractivity contribution is 6.30. The van der Waals surface area contributed by atoms with Crippen molar-refractivity contribution in [1.29, 1.82) is 0 Å². The van der Waals surface area contributed by atoms with E-state index in [2.05, 4.69) is 6.92 Å². The average molecular weight is 419 g/mol. The van der Waals surface area contributed by atoms with Crippen molar-refractivity contribution in [2.45, 2.75) is 50.7 Å². The minimum Gasteiger partial charge on any atom is -0.351 e. The normalized spacial score (nSPS) is 26.6. The van der Waals surface area contributed by atoms with E-state index in [-0.39, 0.29) is 37.5 Å². The van der Waals surface area contributed by atoms with Crippen molar-refractivity contribution < 1.29 is 14.4 Å². The molecule has 1 aromatic carbocycles. The summed E-state index contributed by atoms with van der Waals surface area (Å²) < 4.78 is 0. The summed E-state index contributed by atoms with van der Waals surface area (Å²) in [5.74, 6) is 0.525. The number of piperazine rings is 1. The number of halogens is 1. The van der Waals surface area contributed by atoms with Crippen LogP contribution in [0.4, 0.5) is 4.79 Å². The van der Waals surface area contributed by atoms with E-state index in [9.17, 15) is 14.4 Å². The quantitative estimate of drug-likeness (QED) is 0.816. The molecule has 2 heterocycles. The Balaban J connectivity index is 1.60. The first-order valence-electron chi connectivity index (χ1n) is 10.2. The van der Waals surface area contributed by atoms with Gasteiger partial charge in [-0.2, -0.15) is 0 Å². The van der Waals surface area contributed by atoms with Crippen LogP contribution in [0.15, 0.2) is 24.3 Å². The third-order valence-electron chi connectivity index (χ3n) is 6.68. The van der Waals surface area contributed by atoms with Gasteiger partial charge < -0.3 is 20.4 Å². The van der Waals surface area contributed by atoms with Crippen molar-refractivity contribution in [3.05, 3.63) is 34.9 Å². The molecule has 4 amide bonds. The molecule has 2 N–H and O–H groups in total. The molecule has 2 aliphatic heterocycles. The van der Waals surface area contributed by atoms with Crippen molar-refractivity contribution >= 4 is 29.4 Å². The Morgan fingerprint density at radius 2 is 1.76 bits per heavy atom. The Hall–Kier alpha value is -2.28. The minimum atomic E-state index is -1.02. The number of nitrogens with zero attached hydrogens (tertiary/aromatic N) is 3. The van der Waals surface area contributed by atoms with Crippen LogP contribution >= 0.6 is 11.6 Å². The molecule has 3 aliphatic rings. The van der Waals surface area contributed by atoms with E-state index in [4.69, 9.17) is 17.3 Å². The molecule has 156 valence electrons. The molecule has 1 saturated carbocycles. The molecule has 1 spiro atoms. The highest BCUT2D eigenvalue weighted by Gasteiger charge is 2.61. The summed E-state index contributed by atoms with van der Waals surface area (Å²) in [6.45, 7) is 2.94. The molecule has 8 heteroatoms. The standard InChI is InChI=1S/C21H27ClN4O3/c1-14-2-8-17(9-3-14)25-11-18(27)26(10-15-4-6-16(22)7-5-15)21(19(25)28)12-24(13-21)20(23)29/h4-7,14,17H,2-3,8-13H2,1H3,(H2,23,29). The minimum absolute atomic E-state index is 0.0527. The van der Waals surface area contributed by atoms with Gasteiger partial charge in [-0.3, -0.25) is 9.59 Å². The Labute approximate surface area is 175 Å². The molecule has 0 unspecified atom stereocenters. The van der Waals surface area contributed by atoms with Crippen LogP contribution in [0.3, 0.4) is 0 Å². The van der Waals surface area contributed by atoms with E-state index >= 15 is 0 Å². The van der Waals surface area contributed by atoms with Crippen molar-refractivity contribution in [3.63, 3.8) is 0 Å². The number of amides is 4. The van der Waals surface area contributed by atoms with Gasteiger partial charge in [0.25, 0.3) is 5.91 Å². The molecule has 29 heavy (non-hydrogen) atoms. The van der Waals surface area contributed by atoms with Crippen molar-refractivity contribution in [1.82, 2.24) is 14.7 Å². The number of carbonyl (C=O) groups excluding carboxylic acids is 3. The molecule has 0 radical (unpaired) electrons. The van der Waals surface area contributed by atoms with Crippen molar-refractivity contribution in [2.24, 2.45) is 11.7 Å². The lowest BCUT2D eigenvalue weighted by Gasteiger charge is -2.58. The summed E-state index contributed by atoms with van der Waals surface area (Å²) in [5.41, 5.74) is 5.29. The van der Waals surface area contributed by atoms with Crippen molar-refractivity contribution in [3.8, 4) is 0 Å². The molecule has 0 aromatic heterocycles. The second kappa shape index (κ2) is 7.52. The fourth-order valence-corrected chi connectivity index (χ4v) is 4.96. The van der Waals surface area contributed by atoms with E-state index in [1.165, 1.54) is 4.90 Å². The van der Waals surface area contributed by atoms with Gasteiger partial charge in [-0.1, -0.05) is 30.7 Å². The largest absolute Gasteiger partial charge is 0.351 e. The molecule has 7 nitrogen and oxygen atoms in total. The molecule has 2 saturated heterocycles. The highest BCUT2D eigenvalue weighted by atomic mass is 35.5. The van der Waals surface area contributed by atoms with E-state index in [0.29, 0.717) is 17.5 Å². The number of carbonyl (C=O) groups is 3. The lowest BCUT2D eigenvalue weighted by molar-refractivity contribution is -0.179. The van der Waals surface area contributed by atoms with Gasteiger partial charge in [-0.05, 0) is 49.3 Å². The van der Waals surface area contributed by atoms with Crippen LogP contribution in [-0.2, 0) is 16.1 Å². The zero-order valence-electron chi connectivity index (χ0n) is 16.6. The number of urea groups is 1. The van der Waals surface area contributed by atoms with Gasteiger partial charge in [0, 0.05) is 17.6 Å². The monoisotopic (exact) mass is 418 g/mol. The topological polar surface area (TPSA) is 86.9 Å². The average Bonchev–Trinajstić information content (AvgIpc) is 2.65. The predicted molar refractivity (Wildman–Crippen MR) is 109 cm³/mol. The van der Waals surface area contributed by atoms with E-state index < -0.39 is 11.6 Å². The molecule has 1 aromatic rings. The first-order valence-corrected chi connectivity index (χ1v) is 10.6. The molecule has 3 fully saturated rings. The second-order valence-electron chi connectivity index (χ2n) is 8.68. The molecular weight excluding hydrogens is 392 g/mol. The number of rotatable bonds is 3. The van der Waals surface area contributed by atoms with Gasteiger partial charge in [0.1, 0.15) is 6.54 Å². The third kappa shape index (κ3) is 3.56.